The summed E-state index contributed by atoms with van der Waals surface area (Å²) in [6, 6.07) is 8.97. The molecule has 0 aromatic heterocycles. The Hall–Kier alpha value is -0.900. The van der Waals surface area contributed by atoms with E-state index in [9.17, 15) is 10.2 Å². The highest BCUT2D eigenvalue weighted by atomic mass is 16.3. The highest BCUT2D eigenvalue weighted by Gasteiger charge is 2.15. The van der Waals surface area contributed by atoms with E-state index in [0.29, 0.717) is 5.56 Å². The minimum Gasteiger partial charge on any atom is -0.389 e. The summed E-state index contributed by atoms with van der Waals surface area (Å²) in [6.07, 6.45) is -1.76. The molecule has 1 aromatic carbocycles. The van der Waals surface area contributed by atoms with E-state index in [2.05, 4.69) is 0 Å². The van der Waals surface area contributed by atoms with E-state index in [-0.39, 0.29) is 6.54 Å². The predicted molar refractivity (Wildman–Crippen MR) is 46.5 cm³/mol. The number of benzene rings is 1. The molecule has 0 spiro atoms. The monoisotopic (exact) mass is 167 g/mol. The maximum absolute atomic E-state index is 9.46. The standard InChI is InChI=1S/C9H13NO2/c10-6-8(11)9(12)7-4-2-1-3-5-7/h1-5,8-9,11-12H,6,10H2/t8-,9+/m0/s1. The molecule has 66 valence electrons. The van der Waals surface area contributed by atoms with Crippen LogP contribution in [0.3, 0.4) is 0 Å². The molecule has 0 aliphatic rings. The van der Waals surface area contributed by atoms with Crippen LogP contribution < -0.4 is 5.73 Å². The van der Waals surface area contributed by atoms with Crippen molar-refractivity contribution in [2.75, 3.05) is 6.54 Å². The third kappa shape index (κ3) is 2.04. The van der Waals surface area contributed by atoms with E-state index in [1.54, 1.807) is 12.1 Å². The lowest BCUT2D eigenvalue weighted by Crippen LogP contribution is -2.27. The zero-order chi connectivity index (χ0) is 8.97. The lowest BCUT2D eigenvalue weighted by Gasteiger charge is -2.15. The molecule has 3 heteroatoms. The first-order valence-corrected chi connectivity index (χ1v) is 3.87. The fraction of sp³-hybridized carbons (Fsp3) is 0.333. The minimum absolute atomic E-state index is 0.0655. The molecule has 0 aliphatic heterocycles. The molecule has 2 atom stereocenters. The van der Waals surface area contributed by atoms with Gasteiger partial charge >= 0.3 is 0 Å². The van der Waals surface area contributed by atoms with Crippen molar-refractivity contribution >= 4 is 0 Å². The molecule has 3 nitrogen and oxygen atoms in total. The Balaban J connectivity index is 2.71. The van der Waals surface area contributed by atoms with Crippen molar-refractivity contribution in [3.63, 3.8) is 0 Å². The van der Waals surface area contributed by atoms with Gasteiger partial charge in [-0.2, -0.15) is 0 Å². The number of nitrogens with two attached hydrogens (primary N) is 1. The third-order valence-electron chi connectivity index (χ3n) is 1.75. The van der Waals surface area contributed by atoms with Crippen LogP contribution in [-0.4, -0.2) is 22.9 Å². The fourth-order valence-electron chi connectivity index (χ4n) is 1.00. The molecule has 1 aromatic rings. The van der Waals surface area contributed by atoms with Crippen LogP contribution in [0.2, 0.25) is 0 Å². The second-order valence-corrected chi connectivity index (χ2v) is 2.66. The maximum atomic E-state index is 9.46. The Morgan fingerprint density at radius 3 is 2.25 bits per heavy atom. The van der Waals surface area contributed by atoms with E-state index in [1.807, 2.05) is 18.2 Å². The second-order valence-electron chi connectivity index (χ2n) is 2.66. The van der Waals surface area contributed by atoms with Gasteiger partial charge in [0, 0.05) is 6.54 Å². The quantitative estimate of drug-likeness (QED) is 0.595. The predicted octanol–water partition coefficient (Wildman–Crippen LogP) is 0.0396. The summed E-state index contributed by atoms with van der Waals surface area (Å²) in [5.41, 5.74) is 5.89. The van der Waals surface area contributed by atoms with Crippen LogP contribution in [-0.2, 0) is 0 Å². The summed E-state index contributed by atoms with van der Waals surface area (Å²) in [5.74, 6) is 0. The van der Waals surface area contributed by atoms with Crippen LogP contribution in [0.5, 0.6) is 0 Å². The summed E-state index contributed by atoms with van der Waals surface area (Å²) in [7, 11) is 0. The summed E-state index contributed by atoms with van der Waals surface area (Å²) in [5, 5.41) is 18.7. The second kappa shape index (κ2) is 4.21. The first kappa shape index (κ1) is 9.19. The van der Waals surface area contributed by atoms with E-state index in [0.717, 1.165) is 0 Å². The van der Waals surface area contributed by atoms with Gasteiger partial charge in [0.15, 0.2) is 0 Å². The van der Waals surface area contributed by atoms with Crippen molar-refractivity contribution in [3.8, 4) is 0 Å². The number of rotatable bonds is 3. The molecule has 12 heavy (non-hydrogen) atoms. The molecule has 0 amide bonds. The van der Waals surface area contributed by atoms with Crippen molar-refractivity contribution in [1.29, 1.82) is 0 Å². The van der Waals surface area contributed by atoms with Crippen LogP contribution in [0, 0.1) is 0 Å². The largest absolute Gasteiger partial charge is 0.389 e. The van der Waals surface area contributed by atoms with Gasteiger partial charge in [-0.1, -0.05) is 30.3 Å². The first-order chi connectivity index (χ1) is 5.75. The molecule has 4 N–H and O–H groups in total. The SMILES string of the molecule is NC[C@H](O)[C@H](O)c1ccccc1. The Bertz CT molecular complexity index is 225. The Kier molecular flexibility index (Phi) is 3.22. The van der Waals surface area contributed by atoms with Crippen molar-refractivity contribution in [1.82, 2.24) is 0 Å². The van der Waals surface area contributed by atoms with Gasteiger partial charge in [0.2, 0.25) is 0 Å². The van der Waals surface area contributed by atoms with Gasteiger partial charge in [-0.25, -0.2) is 0 Å². The van der Waals surface area contributed by atoms with E-state index in [4.69, 9.17) is 5.73 Å². The molecular weight excluding hydrogens is 154 g/mol. The fourth-order valence-corrected chi connectivity index (χ4v) is 1.00. The molecular formula is C9H13NO2. The lowest BCUT2D eigenvalue weighted by atomic mass is 10.1. The minimum atomic E-state index is -0.882. The summed E-state index contributed by atoms with van der Waals surface area (Å²) < 4.78 is 0. The molecule has 0 aliphatic carbocycles. The van der Waals surface area contributed by atoms with Crippen LogP contribution in [0.1, 0.15) is 11.7 Å². The van der Waals surface area contributed by atoms with E-state index in [1.165, 1.54) is 0 Å². The Morgan fingerprint density at radius 2 is 1.75 bits per heavy atom. The van der Waals surface area contributed by atoms with Gasteiger partial charge in [0.1, 0.15) is 6.10 Å². The van der Waals surface area contributed by atoms with Crippen molar-refractivity contribution in [3.05, 3.63) is 35.9 Å². The number of aliphatic hydroxyl groups excluding tert-OH is 2. The maximum Gasteiger partial charge on any atom is 0.106 e. The smallest absolute Gasteiger partial charge is 0.106 e. The molecule has 0 unspecified atom stereocenters. The summed E-state index contributed by atoms with van der Waals surface area (Å²) in [6.45, 7) is 0.0655. The Labute approximate surface area is 71.5 Å². The number of aliphatic hydroxyl groups is 2. The van der Waals surface area contributed by atoms with Crippen LogP contribution in [0.15, 0.2) is 30.3 Å². The van der Waals surface area contributed by atoms with Crippen LogP contribution >= 0.6 is 0 Å². The lowest BCUT2D eigenvalue weighted by molar-refractivity contribution is 0.0243. The zero-order valence-corrected chi connectivity index (χ0v) is 6.72. The van der Waals surface area contributed by atoms with E-state index < -0.39 is 12.2 Å². The van der Waals surface area contributed by atoms with Gasteiger partial charge in [0.05, 0.1) is 6.10 Å². The highest BCUT2D eigenvalue weighted by Crippen LogP contribution is 2.14. The van der Waals surface area contributed by atoms with Crippen LogP contribution in [0.25, 0.3) is 0 Å². The molecule has 0 fully saturated rings. The molecule has 0 radical (unpaired) electrons. The van der Waals surface area contributed by atoms with Gasteiger partial charge in [-0.05, 0) is 5.56 Å². The zero-order valence-electron chi connectivity index (χ0n) is 6.72. The Morgan fingerprint density at radius 1 is 1.17 bits per heavy atom. The molecule has 0 bridgehead atoms. The summed E-state index contributed by atoms with van der Waals surface area (Å²) >= 11 is 0. The third-order valence-corrected chi connectivity index (χ3v) is 1.75. The average Bonchev–Trinajstić information content (AvgIpc) is 2.17. The van der Waals surface area contributed by atoms with Crippen molar-refractivity contribution in [2.24, 2.45) is 5.73 Å². The summed E-state index contributed by atoms with van der Waals surface area (Å²) in [4.78, 5) is 0. The normalized spacial score (nSPS) is 15.6. The number of hydrogen-bond donors (Lipinski definition) is 3. The van der Waals surface area contributed by atoms with Crippen LogP contribution in [0.4, 0.5) is 0 Å². The van der Waals surface area contributed by atoms with Gasteiger partial charge in [0.25, 0.3) is 0 Å². The topological polar surface area (TPSA) is 66.5 Å². The van der Waals surface area contributed by atoms with Gasteiger partial charge < -0.3 is 15.9 Å². The van der Waals surface area contributed by atoms with Crippen molar-refractivity contribution in [2.45, 2.75) is 12.2 Å². The number of hydrogen-bond acceptors (Lipinski definition) is 3. The van der Waals surface area contributed by atoms with Gasteiger partial charge in [-0.3, -0.25) is 0 Å². The van der Waals surface area contributed by atoms with Crippen molar-refractivity contribution < 1.29 is 10.2 Å². The van der Waals surface area contributed by atoms with Gasteiger partial charge in [-0.15, -0.1) is 0 Å². The first-order valence-electron chi connectivity index (χ1n) is 3.87. The molecule has 0 heterocycles. The molecule has 0 saturated heterocycles. The highest BCUT2D eigenvalue weighted by molar-refractivity contribution is 5.18. The average molecular weight is 167 g/mol. The van der Waals surface area contributed by atoms with E-state index >= 15 is 0 Å². The molecule has 0 saturated carbocycles. The molecule has 1 rings (SSSR count).